The lowest BCUT2D eigenvalue weighted by atomic mass is 9.97. The Balaban J connectivity index is 3.29. The lowest BCUT2D eigenvalue weighted by Crippen LogP contribution is -2.50. The smallest absolute Gasteiger partial charge is 0.228 e. The minimum Gasteiger partial charge on any atom is -0.228 e. The molecular formula is C12H10F7O. The standard InChI is InChI=1S/C12H10F7O/c1-2-9(20)7-4-3-5-8(6-7)10(13,14)11(15,16)12(17,18)19/h3-6,9H,2H2,1H3. The molecule has 0 saturated heterocycles. The summed E-state index contributed by atoms with van der Waals surface area (Å²) in [7, 11) is 0. The van der Waals surface area contributed by atoms with E-state index >= 15 is 0 Å². The average Bonchev–Trinajstić information content (AvgIpc) is 2.36. The Morgan fingerprint density at radius 3 is 2.05 bits per heavy atom. The van der Waals surface area contributed by atoms with Gasteiger partial charge in [0, 0.05) is 5.56 Å². The molecule has 0 aliphatic carbocycles. The van der Waals surface area contributed by atoms with Crippen molar-refractivity contribution in [3.05, 3.63) is 35.4 Å². The predicted octanol–water partition coefficient (Wildman–Crippen LogP) is 4.86. The number of halogens is 7. The first-order valence-electron chi connectivity index (χ1n) is 5.53. The molecule has 0 amide bonds. The molecule has 0 aromatic heterocycles. The summed E-state index contributed by atoms with van der Waals surface area (Å²) < 4.78 is 88.7. The van der Waals surface area contributed by atoms with Gasteiger partial charge in [0.15, 0.2) is 0 Å². The molecule has 0 N–H and O–H groups in total. The van der Waals surface area contributed by atoms with Gasteiger partial charge < -0.3 is 0 Å². The second-order valence-corrected chi connectivity index (χ2v) is 4.17. The molecule has 1 atom stereocenters. The van der Waals surface area contributed by atoms with E-state index in [1.807, 2.05) is 0 Å². The van der Waals surface area contributed by atoms with E-state index in [9.17, 15) is 35.8 Å². The molecule has 0 fully saturated rings. The molecule has 1 unspecified atom stereocenters. The van der Waals surface area contributed by atoms with Gasteiger partial charge in [-0.15, -0.1) is 0 Å². The molecule has 0 aliphatic heterocycles. The van der Waals surface area contributed by atoms with E-state index in [0.717, 1.165) is 12.1 Å². The Bertz CT molecular complexity index is 467. The van der Waals surface area contributed by atoms with E-state index in [0.29, 0.717) is 12.1 Å². The highest BCUT2D eigenvalue weighted by atomic mass is 19.4. The summed E-state index contributed by atoms with van der Waals surface area (Å²) in [5, 5.41) is 11.4. The molecule has 8 heteroatoms. The van der Waals surface area contributed by atoms with Gasteiger partial charge in [-0.3, -0.25) is 0 Å². The van der Waals surface area contributed by atoms with Gasteiger partial charge in [0.1, 0.15) is 6.10 Å². The fourth-order valence-electron chi connectivity index (χ4n) is 1.53. The van der Waals surface area contributed by atoms with Gasteiger partial charge >= 0.3 is 18.0 Å². The first-order valence-corrected chi connectivity index (χ1v) is 5.53. The Kier molecular flexibility index (Phi) is 4.38. The minimum atomic E-state index is -6.39. The summed E-state index contributed by atoms with van der Waals surface area (Å²) in [4.78, 5) is 0. The van der Waals surface area contributed by atoms with Gasteiger partial charge in [-0.25, -0.2) is 5.11 Å². The van der Waals surface area contributed by atoms with Crippen LogP contribution in [0.15, 0.2) is 24.3 Å². The molecule has 0 heterocycles. The van der Waals surface area contributed by atoms with E-state index in [-0.39, 0.29) is 12.0 Å². The van der Waals surface area contributed by atoms with Crippen molar-refractivity contribution in [1.82, 2.24) is 0 Å². The van der Waals surface area contributed by atoms with Gasteiger partial charge in [0.25, 0.3) is 0 Å². The highest BCUT2D eigenvalue weighted by Crippen LogP contribution is 2.51. The van der Waals surface area contributed by atoms with Crippen molar-refractivity contribution in [2.45, 2.75) is 37.5 Å². The Morgan fingerprint density at radius 1 is 1.05 bits per heavy atom. The lowest BCUT2D eigenvalue weighted by Gasteiger charge is -2.28. The van der Waals surface area contributed by atoms with Crippen LogP contribution in [-0.2, 0) is 11.0 Å². The molecule has 1 rings (SSSR count). The fourth-order valence-corrected chi connectivity index (χ4v) is 1.53. The summed E-state index contributed by atoms with van der Waals surface area (Å²) in [6.07, 6.45) is -7.87. The van der Waals surface area contributed by atoms with Crippen LogP contribution in [0.5, 0.6) is 0 Å². The SMILES string of the molecule is CCC([O])c1cccc(C(F)(F)C(F)(F)C(F)(F)F)c1. The second-order valence-electron chi connectivity index (χ2n) is 4.17. The fraction of sp³-hybridized carbons (Fsp3) is 0.500. The number of rotatable bonds is 4. The maximum Gasteiger partial charge on any atom is 0.460 e. The summed E-state index contributed by atoms with van der Waals surface area (Å²) in [6, 6.07) is 2.78. The molecule has 1 aromatic rings. The van der Waals surface area contributed by atoms with E-state index < -0.39 is 29.7 Å². The first-order chi connectivity index (χ1) is 8.95. The first kappa shape index (κ1) is 16.7. The molecule has 113 valence electrons. The second kappa shape index (κ2) is 5.23. The van der Waals surface area contributed by atoms with E-state index in [2.05, 4.69) is 0 Å². The third-order valence-corrected chi connectivity index (χ3v) is 2.74. The zero-order valence-corrected chi connectivity index (χ0v) is 10.1. The number of benzene rings is 1. The molecule has 0 saturated carbocycles. The van der Waals surface area contributed by atoms with Crippen LogP contribution in [0.4, 0.5) is 30.7 Å². The number of hydrogen-bond acceptors (Lipinski definition) is 0. The van der Waals surface area contributed by atoms with Gasteiger partial charge in [-0.1, -0.05) is 25.1 Å². The van der Waals surface area contributed by atoms with Crippen LogP contribution < -0.4 is 0 Å². The van der Waals surface area contributed by atoms with Crippen molar-refractivity contribution in [1.29, 1.82) is 0 Å². The normalized spacial score (nSPS) is 15.2. The summed E-state index contributed by atoms with van der Waals surface area (Å²) in [5.74, 6) is -11.7. The van der Waals surface area contributed by atoms with Crippen molar-refractivity contribution < 1.29 is 35.8 Å². The molecule has 1 nitrogen and oxygen atoms in total. The lowest BCUT2D eigenvalue weighted by molar-refractivity contribution is -0.359. The Labute approximate surface area is 110 Å². The largest absolute Gasteiger partial charge is 0.460 e. The molecule has 20 heavy (non-hydrogen) atoms. The summed E-state index contributed by atoms with van der Waals surface area (Å²) in [6.45, 7) is 1.44. The summed E-state index contributed by atoms with van der Waals surface area (Å²) in [5.41, 5.74) is -1.80. The highest BCUT2D eigenvalue weighted by Gasteiger charge is 2.73. The molecule has 1 radical (unpaired) electrons. The van der Waals surface area contributed by atoms with E-state index in [1.54, 1.807) is 0 Å². The van der Waals surface area contributed by atoms with Crippen molar-refractivity contribution in [2.75, 3.05) is 0 Å². The predicted molar refractivity (Wildman–Crippen MR) is 55.1 cm³/mol. The van der Waals surface area contributed by atoms with Crippen LogP contribution in [0.1, 0.15) is 30.6 Å². The quantitative estimate of drug-likeness (QED) is 0.708. The maximum atomic E-state index is 13.4. The van der Waals surface area contributed by atoms with Crippen LogP contribution in [-0.4, -0.2) is 12.1 Å². The third-order valence-electron chi connectivity index (χ3n) is 2.74. The molecular weight excluding hydrogens is 293 g/mol. The highest BCUT2D eigenvalue weighted by molar-refractivity contribution is 5.30. The molecule has 0 spiro atoms. The van der Waals surface area contributed by atoms with Gasteiger partial charge in [-0.2, -0.15) is 30.7 Å². The topological polar surface area (TPSA) is 19.9 Å². The van der Waals surface area contributed by atoms with Crippen LogP contribution in [0.3, 0.4) is 0 Å². The van der Waals surface area contributed by atoms with Crippen molar-refractivity contribution >= 4 is 0 Å². The van der Waals surface area contributed by atoms with Crippen molar-refractivity contribution in [2.24, 2.45) is 0 Å². The van der Waals surface area contributed by atoms with Crippen LogP contribution in [0.2, 0.25) is 0 Å². The van der Waals surface area contributed by atoms with E-state index in [1.165, 1.54) is 6.92 Å². The van der Waals surface area contributed by atoms with Gasteiger partial charge in [0.05, 0.1) is 0 Å². The number of hydrogen-bond donors (Lipinski definition) is 0. The monoisotopic (exact) mass is 303 g/mol. The number of alkyl halides is 7. The van der Waals surface area contributed by atoms with Crippen LogP contribution >= 0.6 is 0 Å². The zero-order valence-electron chi connectivity index (χ0n) is 10.1. The maximum absolute atomic E-state index is 13.4. The summed E-state index contributed by atoms with van der Waals surface area (Å²) >= 11 is 0. The van der Waals surface area contributed by atoms with Gasteiger partial charge in [0.2, 0.25) is 0 Å². The molecule has 0 aliphatic rings. The minimum absolute atomic E-state index is 0.00924. The average molecular weight is 303 g/mol. The van der Waals surface area contributed by atoms with Crippen molar-refractivity contribution in [3.63, 3.8) is 0 Å². The van der Waals surface area contributed by atoms with Crippen LogP contribution in [0, 0.1) is 0 Å². The van der Waals surface area contributed by atoms with E-state index in [4.69, 9.17) is 0 Å². The Morgan fingerprint density at radius 2 is 1.60 bits per heavy atom. The van der Waals surface area contributed by atoms with Crippen LogP contribution in [0.25, 0.3) is 0 Å². The Hall–Kier alpha value is -1.31. The molecule has 1 aromatic carbocycles. The molecule has 0 bridgehead atoms. The van der Waals surface area contributed by atoms with Crippen molar-refractivity contribution in [3.8, 4) is 0 Å². The third kappa shape index (κ3) is 2.74. The zero-order chi connectivity index (χ0) is 15.8. The van der Waals surface area contributed by atoms with Gasteiger partial charge in [-0.05, 0) is 18.1 Å².